The molecule has 0 aliphatic heterocycles. The Balaban J connectivity index is 1.64. The van der Waals surface area contributed by atoms with Crippen LogP contribution in [0.25, 0.3) is 0 Å². The van der Waals surface area contributed by atoms with E-state index >= 15 is 0 Å². The Hall–Kier alpha value is -2.34. The predicted molar refractivity (Wildman–Crippen MR) is 98.1 cm³/mol. The molecule has 2 N–H and O–H groups in total. The molecule has 1 aliphatic rings. The van der Waals surface area contributed by atoms with Crippen molar-refractivity contribution in [2.24, 2.45) is 5.92 Å². The summed E-state index contributed by atoms with van der Waals surface area (Å²) in [5.74, 6) is 0.478. The number of carbonyl (C=O) groups excluding carboxylic acids is 2. The number of hydrogen-bond acceptors (Lipinski definition) is 4. The van der Waals surface area contributed by atoms with Crippen LogP contribution in [-0.4, -0.2) is 18.4 Å². The molecule has 0 fully saturated rings. The third kappa shape index (κ3) is 4.02. The second kappa shape index (κ2) is 7.70. The van der Waals surface area contributed by atoms with E-state index in [9.17, 15) is 9.59 Å². The normalized spacial score (nSPS) is 16.0. The number of thiophene rings is 1. The van der Waals surface area contributed by atoms with Gasteiger partial charge in [-0.15, -0.1) is 11.3 Å². The van der Waals surface area contributed by atoms with Crippen molar-refractivity contribution >= 4 is 23.2 Å². The Morgan fingerprint density at radius 3 is 2.80 bits per heavy atom. The van der Waals surface area contributed by atoms with Gasteiger partial charge in [0.1, 0.15) is 5.75 Å². The Morgan fingerprint density at radius 1 is 1.24 bits per heavy atom. The van der Waals surface area contributed by atoms with Gasteiger partial charge in [-0.05, 0) is 55.9 Å². The van der Waals surface area contributed by atoms with Gasteiger partial charge in [0.15, 0.2) is 0 Å². The molecule has 6 heteroatoms. The van der Waals surface area contributed by atoms with Gasteiger partial charge in [-0.3, -0.25) is 20.4 Å². The van der Waals surface area contributed by atoms with E-state index in [0.717, 1.165) is 12.8 Å². The van der Waals surface area contributed by atoms with Crippen LogP contribution in [-0.2, 0) is 12.8 Å². The lowest BCUT2D eigenvalue weighted by molar-refractivity contribution is 0.0846. The molecular weight excluding hydrogens is 336 g/mol. The van der Waals surface area contributed by atoms with Crippen LogP contribution in [0.1, 0.15) is 50.7 Å². The summed E-state index contributed by atoms with van der Waals surface area (Å²) in [7, 11) is 0. The van der Waals surface area contributed by atoms with Crippen molar-refractivity contribution < 1.29 is 14.3 Å². The molecule has 1 aromatic carbocycles. The van der Waals surface area contributed by atoms with E-state index in [1.165, 1.54) is 28.2 Å². The molecule has 1 aliphatic carbocycles. The van der Waals surface area contributed by atoms with Gasteiger partial charge < -0.3 is 4.74 Å². The van der Waals surface area contributed by atoms with Crippen LogP contribution in [0.5, 0.6) is 5.75 Å². The van der Waals surface area contributed by atoms with Gasteiger partial charge in [-0.1, -0.05) is 19.1 Å². The van der Waals surface area contributed by atoms with Crippen molar-refractivity contribution in [2.75, 3.05) is 6.61 Å². The van der Waals surface area contributed by atoms with Crippen LogP contribution in [0.15, 0.2) is 30.3 Å². The summed E-state index contributed by atoms with van der Waals surface area (Å²) in [4.78, 5) is 26.6. The first kappa shape index (κ1) is 17.5. The van der Waals surface area contributed by atoms with Crippen molar-refractivity contribution in [1.82, 2.24) is 10.9 Å². The number of carbonyl (C=O) groups is 2. The predicted octanol–water partition coefficient (Wildman–Crippen LogP) is 3.35. The van der Waals surface area contributed by atoms with Crippen LogP contribution in [0.2, 0.25) is 0 Å². The number of amides is 2. The SMILES string of the molecule is CCOc1ccccc1C(=O)NNC(=O)c1cc2c(s1)CCC(C)C2. The molecule has 1 aromatic heterocycles. The topological polar surface area (TPSA) is 67.4 Å². The number of fused-ring (bicyclic) bond motifs is 1. The quantitative estimate of drug-likeness (QED) is 0.824. The Bertz CT molecular complexity index is 785. The van der Waals surface area contributed by atoms with Crippen LogP contribution in [0.4, 0.5) is 0 Å². The van der Waals surface area contributed by atoms with Crippen molar-refractivity contribution in [2.45, 2.75) is 33.1 Å². The van der Waals surface area contributed by atoms with E-state index in [4.69, 9.17) is 4.74 Å². The van der Waals surface area contributed by atoms with Crippen LogP contribution >= 0.6 is 11.3 Å². The zero-order chi connectivity index (χ0) is 17.8. The van der Waals surface area contributed by atoms with E-state index in [1.807, 2.05) is 13.0 Å². The maximum atomic E-state index is 12.3. The molecule has 1 unspecified atom stereocenters. The van der Waals surface area contributed by atoms with Gasteiger partial charge in [-0.2, -0.15) is 0 Å². The fourth-order valence-electron chi connectivity index (χ4n) is 3.00. The average Bonchev–Trinajstić information content (AvgIpc) is 3.03. The highest BCUT2D eigenvalue weighted by molar-refractivity contribution is 7.14. The van der Waals surface area contributed by atoms with Crippen molar-refractivity contribution in [3.05, 3.63) is 51.2 Å². The summed E-state index contributed by atoms with van der Waals surface area (Å²) in [6, 6.07) is 8.91. The third-order valence-corrected chi connectivity index (χ3v) is 5.51. The summed E-state index contributed by atoms with van der Waals surface area (Å²) in [6.07, 6.45) is 3.22. The summed E-state index contributed by atoms with van der Waals surface area (Å²) in [5.41, 5.74) is 6.63. The largest absolute Gasteiger partial charge is 0.493 e. The first-order chi connectivity index (χ1) is 12.1. The van der Waals surface area contributed by atoms with Gasteiger partial charge in [0.25, 0.3) is 11.8 Å². The third-order valence-electron chi connectivity index (χ3n) is 4.27. The van der Waals surface area contributed by atoms with Crippen molar-refractivity contribution in [3.8, 4) is 5.75 Å². The summed E-state index contributed by atoms with van der Waals surface area (Å²) >= 11 is 1.52. The maximum absolute atomic E-state index is 12.3. The van der Waals surface area contributed by atoms with Crippen molar-refractivity contribution in [3.63, 3.8) is 0 Å². The highest BCUT2D eigenvalue weighted by Crippen LogP contribution is 2.32. The number of hydrogen-bond donors (Lipinski definition) is 2. The molecule has 0 saturated heterocycles. The number of hydrazine groups is 1. The molecule has 0 bridgehead atoms. The number of para-hydroxylation sites is 1. The molecule has 0 radical (unpaired) electrons. The minimum absolute atomic E-state index is 0.283. The fraction of sp³-hybridized carbons (Fsp3) is 0.368. The van der Waals surface area contributed by atoms with E-state index < -0.39 is 5.91 Å². The lowest BCUT2D eigenvalue weighted by Crippen LogP contribution is -2.41. The van der Waals surface area contributed by atoms with E-state index in [1.54, 1.807) is 24.3 Å². The van der Waals surface area contributed by atoms with Gasteiger partial charge >= 0.3 is 0 Å². The number of nitrogens with one attached hydrogen (secondary N) is 2. The second-order valence-corrected chi connectivity index (χ2v) is 7.38. The lowest BCUT2D eigenvalue weighted by Gasteiger charge is -2.16. The van der Waals surface area contributed by atoms with Crippen LogP contribution < -0.4 is 15.6 Å². The molecule has 2 aromatic rings. The standard InChI is InChI=1S/C19H22N2O3S/c1-3-24-15-7-5-4-6-14(15)18(22)20-21-19(23)17-11-13-10-12(2)8-9-16(13)25-17/h4-7,11-12H,3,8-10H2,1-2H3,(H,20,22)(H,21,23). The molecule has 132 valence electrons. The summed E-state index contributed by atoms with van der Waals surface area (Å²) in [6.45, 7) is 4.56. The molecule has 1 heterocycles. The minimum Gasteiger partial charge on any atom is -0.493 e. The molecule has 2 amide bonds. The lowest BCUT2D eigenvalue weighted by atomic mass is 9.90. The van der Waals surface area contributed by atoms with Gasteiger partial charge in [-0.25, -0.2) is 0 Å². The highest BCUT2D eigenvalue weighted by Gasteiger charge is 2.21. The minimum atomic E-state index is -0.396. The molecule has 0 saturated carbocycles. The summed E-state index contributed by atoms with van der Waals surface area (Å²) in [5, 5.41) is 0. The Morgan fingerprint density at radius 2 is 2.00 bits per heavy atom. The highest BCUT2D eigenvalue weighted by atomic mass is 32.1. The van der Waals surface area contributed by atoms with Crippen LogP contribution in [0, 0.1) is 5.92 Å². The molecule has 3 rings (SSSR count). The van der Waals surface area contributed by atoms with E-state index in [2.05, 4.69) is 17.8 Å². The maximum Gasteiger partial charge on any atom is 0.279 e. The number of ether oxygens (including phenoxy) is 1. The van der Waals surface area contributed by atoms with E-state index in [0.29, 0.717) is 28.7 Å². The second-order valence-electron chi connectivity index (χ2n) is 6.24. The average molecular weight is 358 g/mol. The number of aryl methyl sites for hydroxylation is 1. The van der Waals surface area contributed by atoms with Gasteiger partial charge in [0.05, 0.1) is 17.0 Å². The molecule has 5 nitrogen and oxygen atoms in total. The van der Waals surface area contributed by atoms with E-state index in [-0.39, 0.29) is 5.91 Å². The Labute approximate surface area is 151 Å². The molecule has 0 spiro atoms. The first-order valence-corrected chi connectivity index (χ1v) is 9.34. The zero-order valence-corrected chi connectivity index (χ0v) is 15.2. The smallest absolute Gasteiger partial charge is 0.279 e. The number of benzene rings is 1. The Kier molecular flexibility index (Phi) is 5.38. The number of rotatable bonds is 4. The fourth-order valence-corrected chi connectivity index (χ4v) is 4.10. The molecular formula is C19H22N2O3S. The zero-order valence-electron chi connectivity index (χ0n) is 14.4. The molecule has 1 atom stereocenters. The summed E-state index contributed by atoms with van der Waals surface area (Å²) < 4.78 is 5.44. The van der Waals surface area contributed by atoms with Gasteiger partial charge in [0.2, 0.25) is 0 Å². The van der Waals surface area contributed by atoms with Gasteiger partial charge in [0, 0.05) is 4.88 Å². The first-order valence-electron chi connectivity index (χ1n) is 8.52. The van der Waals surface area contributed by atoms with Crippen molar-refractivity contribution in [1.29, 1.82) is 0 Å². The molecule has 25 heavy (non-hydrogen) atoms. The monoisotopic (exact) mass is 358 g/mol. The van der Waals surface area contributed by atoms with Crippen LogP contribution in [0.3, 0.4) is 0 Å².